The number of benzene rings is 3. The van der Waals surface area contributed by atoms with E-state index in [-0.39, 0.29) is 17.2 Å². The van der Waals surface area contributed by atoms with Crippen LogP contribution in [0.15, 0.2) is 71.5 Å². The van der Waals surface area contributed by atoms with Crippen LogP contribution in [-0.2, 0) is 7.05 Å². The van der Waals surface area contributed by atoms with Crippen LogP contribution in [0, 0.1) is 6.92 Å². The molecule has 5 rings (SSSR count). The van der Waals surface area contributed by atoms with E-state index in [0.29, 0.717) is 16.5 Å². The summed E-state index contributed by atoms with van der Waals surface area (Å²) >= 11 is 1.64. The van der Waals surface area contributed by atoms with Crippen molar-refractivity contribution in [2.75, 3.05) is 5.32 Å². The van der Waals surface area contributed by atoms with E-state index in [1.54, 1.807) is 42.6 Å². The molecule has 2 heterocycles. The average molecular weight is 427 g/mol. The molecule has 0 aliphatic carbocycles. The maximum Gasteiger partial charge on any atom is 0.276 e. The first-order valence-corrected chi connectivity index (χ1v) is 10.6. The van der Waals surface area contributed by atoms with E-state index in [0.717, 1.165) is 20.8 Å². The largest absolute Gasteiger partial charge is 0.321 e. The molecule has 0 aliphatic rings. The zero-order chi connectivity index (χ0) is 21.5. The van der Waals surface area contributed by atoms with Crippen molar-refractivity contribution in [2.45, 2.75) is 6.92 Å². The van der Waals surface area contributed by atoms with Crippen LogP contribution in [-0.4, -0.2) is 20.7 Å². The van der Waals surface area contributed by atoms with Crippen LogP contribution in [0.25, 0.3) is 31.6 Å². The third kappa shape index (κ3) is 3.49. The maximum atomic E-state index is 12.9. The van der Waals surface area contributed by atoms with Crippen LogP contribution in [0.5, 0.6) is 0 Å². The Balaban J connectivity index is 1.43. The molecular formula is C24H18N4O2S. The van der Waals surface area contributed by atoms with Gasteiger partial charge in [0.05, 0.1) is 15.6 Å². The molecule has 31 heavy (non-hydrogen) atoms. The van der Waals surface area contributed by atoms with Gasteiger partial charge in [-0.1, -0.05) is 24.3 Å². The normalized spacial score (nSPS) is 11.2. The van der Waals surface area contributed by atoms with E-state index in [2.05, 4.69) is 29.5 Å². The van der Waals surface area contributed by atoms with Crippen molar-refractivity contribution in [3.8, 4) is 10.6 Å². The fourth-order valence-electron chi connectivity index (χ4n) is 3.51. The van der Waals surface area contributed by atoms with Crippen molar-refractivity contribution in [2.24, 2.45) is 7.05 Å². The maximum absolute atomic E-state index is 12.9. The minimum atomic E-state index is -0.366. The van der Waals surface area contributed by atoms with Gasteiger partial charge in [0, 0.05) is 23.7 Å². The topological polar surface area (TPSA) is 76.9 Å². The number of carbonyl (C=O) groups is 1. The number of fused-ring (bicyclic) bond motifs is 2. The Morgan fingerprint density at radius 2 is 1.74 bits per heavy atom. The Labute approximate surface area is 181 Å². The molecular weight excluding hydrogens is 408 g/mol. The molecule has 0 fully saturated rings. The number of nitrogens with zero attached hydrogens (tertiary/aromatic N) is 3. The average Bonchev–Trinajstić information content (AvgIpc) is 3.20. The fraction of sp³-hybridized carbons (Fsp3) is 0.0833. The van der Waals surface area contributed by atoms with Gasteiger partial charge in [-0.25, -0.2) is 9.67 Å². The summed E-state index contributed by atoms with van der Waals surface area (Å²) in [6.07, 6.45) is 0. The standard InChI is InChI=1S/C24H18N4O2S/c1-14-7-12-19-20(13-14)31-23(26-19)15-8-10-16(11-9-15)25-22(29)21-17-5-3-4-6-18(17)24(30)28(2)27-21/h3-13H,1-2H3,(H,25,29). The van der Waals surface area contributed by atoms with Gasteiger partial charge in [0.25, 0.3) is 11.5 Å². The van der Waals surface area contributed by atoms with E-state index in [4.69, 9.17) is 4.98 Å². The van der Waals surface area contributed by atoms with Gasteiger partial charge in [-0.2, -0.15) is 5.10 Å². The quantitative estimate of drug-likeness (QED) is 0.451. The molecule has 0 bridgehead atoms. The first-order valence-electron chi connectivity index (χ1n) is 9.74. The number of nitrogens with one attached hydrogen (secondary N) is 1. The van der Waals surface area contributed by atoms with Crippen LogP contribution in [0.4, 0.5) is 5.69 Å². The number of hydrogen-bond acceptors (Lipinski definition) is 5. The molecule has 0 radical (unpaired) electrons. The predicted molar refractivity (Wildman–Crippen MR) is 125 cm³/mol. The molecule has 0 spiro atoms. The summed E-state index contributed by atoms with van der Waals surface area (Å²) in [5, 5.41) is 8.98. The number of anilines is 1. The van der Waals surface area contributed by atoms with Crippen molar-refractivity contribution in [1.29, 1.82) is 0 Å². The lowest BCUT2D eigenvalue weighted by Gasteiger charge is -2.09. The number of amides is 1. The molecule has 0 atom stereocenters. The van der Waals surface area contributed by atoms with E-state index in [9.17, 15) is 9.59 Å². The van der Waals surface area contributed by atoms with Crippen molar-refractivity contribution < 1.29 is 4.79 Å². The monoisotopic (exact) mass is 426 g/mol. The number of aryl methyl sites for hydroxylation is 2. The third-order valence-electron chi connectivity index (χ3n) is 5.11. The van der Waals surface area contributed by atoms with Gasteiger partial charge in [0.15, 0.2) is 5.69 Å². The minimum absolute atomic E-state index is 0.211. The van der Waals surface area contributed by atoms with Gasteiger partial charge < -0.3 is 5.32 Å². The molecule has 6 nitrogen and oxygen atoms in total. The van der Waals surface area contributed by atoms with Gasteiger partial charge in [-0.3, -0.25) is 9.59 Å². The van der Waals surface area contributed by atoms with E-state index in [1.807, 2.05) is 30.3 Å². The summed E-state index contributed by atoms with van der Waals surface area (Å²) in [5.41, 5.74) is 3.80. The van der Waals surface area contributed by atoms with Crippen molar-refractivity contribution in [3.63, 3.8) is 0 Å². The lowest BCUT2D eigenvalue weighted by atomic mass is 10.1. The second-order valence-electron chi connectivity index (χ2n) is 7.34. The second kappa shape index (κ2) is 7.45. The Kier molecular flexibility index (Phi) is 4.60. The van der Waals surface area contributed by atoms with Crippen LogP contribution < -0.4 is 10.9 Å². The molecule has 152 valence electrons. The van der Waals surface area contributed by atoms with Gasteiger partial charge >= 0.3 is 0 Å². The highest BCUT2D eigenvalue weighted by atomic mass is 32.1. The highest BCUT2D eigenvalue weighted by Crippen LogP contribution is 2.31. The predicted octanol–water partition coefficient (Wildman–Crippen LogP) is 4.77. The van der Waals surface area contributed by atoms with Crippen LogP contribution >= 0.6 is 11.3 Å². The van der Waals surface area contributed by atoms with Crippen LogP contribution in [0.1, 0.15) is 16.1 Å². The Hall–Kier alpha value is -3.84. The van der Waals surface area contributed by atoms with Crippen LogP contribution in [0.3, 0.4) is 0 Å². The molecule has 3 aromatic carbocycles. The number of aromatic nitrogens is 3. The van der Waals surface area contributed by atoms with Gasteiger partial charge in [0.2, 0.25) is 0 Å². The van der Waals surface area contributed by atoms with E-state index in [1.165, 1.54) is 10.2 Å². The molecule has 0 unspecified atom stereocenters. The molecule has 1 N–H and O–H groups in total. The number of thiazole rings is 1. The molecule has 5 aromatic rings. The molecule has 0 saturated heterocycles. The number of carbonyl (C=O) groups excluding carboxylic acids is 1. The molecule has 0 aliphatic heterocycles. The summed E-state index contributed by atoms with van der Waals surface area (Å²) in [7, 11) is 1.54. The summed E-state index contributed by atoms with van der Waals surface area (Å²) < 4.78 is 2.34. The van der Waals surface area contributed by atoms with Crippen LogP contribution in [0.2, 0.25) is 0 Å². The molecule has 1 amide bonds. The van der Waals surface area contributed by atoms with Gasteiger partial charge in [-0.05, 0) is 55.0 Å². The van der Waals surface area contributed by atoms with Crippen molar-refractivity contribution in [1.82, 2.24) is 14.8 Å². The first kappa shape index (κ1) is 19.1. The molecule has 2 aromatic heterocycles. The first-order chi connectivity index (χ1) is 15.0. The zero-order valence-electron chi connectivity index (χ0n) is 16.9. The van der Waals surface area contributed by atoms with Gasteiger partial charge in [0.1, 0.15) is 5.01 Å². The third-order valence-corrected chi connectivity index (χ3v) is 6.17. The molecule has 0 saturated carbocycles. The lowest BCUT2D eigenvalue weighted by Crippen LogP contribution is -2.25. The van der Waals surface area contributed by atoms with Crippen molar-refractivity contribution in [3.05, 3.63) is 88.3 Å². The summed E-state index contributed by atoms with van der Waals surface area (Å²) in [4.78, 5) is 29.9. The highest BCUT2D eigenvalue weighted by Gasteiger charge is 2.16. The highest BCUT2D eigenvalue weighted by molar-refractivity contribution is 7.21. The summed E-state index contributed by atoms with van der Waals surface area (Å²) in [6.45, 7) is 2.07. The van der Waals surface area contributed by atoms with E-state index >= 15 is 0 Å². The fourth-order valence-corrected chi connectivity index (χ4v) is 4.58. The SMILES string of the molecule is Cc1ccc2nc(-c3ccc(NC(=O)c4nn(C)c(=O)c5ccccc45)cc3)sc2c1. The lowest BCUT2D eigenvalue weighted by molar-refractivity contribution is 0.102. The van der Waals surface area contributed by atoms with Gasteiger partial charge in [-0.15, -0.1) is 11.3 Å². The minimum Gasteiger partial charge on any atom is -0.321 e. The zero-order valence-corrected chi connectivity index (χ0v) is 17.7. The molecule has 7 heteroatoms. The Bertz CT molecular complexity index is 1520. The van der Waals surface area contributed by atoms with Crippen molar-refractivity contribution >= 4 is 43.9 Å². The Morgan fingerprint density at radius 1 is 1.00 bits per heavy atom. The van der Waals surface area contributed by atoms with E-state index < -0.39 is 0 Å². The second-order valence-corrected chi connectivity index (χ2v) is 8.38. The number of rotatable bonds is 3. The summed E-state index contributed by atoms with van der Waals surface area (Å²) in [6, 6.07) is 20.8. The smallest absolute Gasteiger partial charge is 0.276 e. The number of hydrogen-bond donors (Lipinski definition) is 1. The summed E-state index contributed by atoms with van der Waals surface area (Å²) in [5.74, 6) is -0.366. The Morgan fingerprint density at radius 3 is 2.52 bits per heavy atom.